The normalized spacial score (nSPS) is 18.1. The molecule has 7 heteroatoms. The van der Waals surface area contributed by atoms with Gasteiger partial charge in [0.25, 0.3) is 0 Å². The number of rotatable bonds is 4. The number of aliphatic hydroxyl groups excluding tert-OH is 2. The van der Waals surface area contributed by atoms with Gasteiger partial charge in [0.2, 0.25) is 3.79 Å². The molecule has 0 rings (SSSR count). The fraction of sp³-hybridized carbons (Fsp3) is 0.875. The predicted molar refractivity (Wildman–Crippen MR) is 58.1 cm³/mol. The summed E-state index contributed by atoms with van der Waals surface area (Å²) in [5.74, 6) is -0.959. The van der Waals surface area contributed by atoms with Gasteiger partial charge < -0.3 is 14.9 Å². The first-order valence-corrected chi connectivity index (χ1v) is 5.35. The maximum atomic E-state index is 11.5. The minimum atomic E-state index is -2.15. The molecule has 4 nitrogen and oxygen atoms in total. The number of alkyl halides is 3. The predicted octanol–water partition coefficient (Wildman–Crippen LogP) is 1.28. The molecule has 90 valence electrons. The summed E-state index contributed by atoms with van der Waals surface area (Å²) in [5, 5.41) is 18.9. The third-order valence-electron chi connectivity index (χ3n) is 2.26. The molecule has 0 aliphatic carbocycles. The second-order valence-corrected chi connectivity index (χ2v) is 5.32. The Morgan fingerprint density at radius 2 is 1.93 bits per heavy atom. The molecule has 15 heavy (non-hydrogen) atoms. The number of methoxy groups -OCH3 is 1. The zero-order valence-electron chi connectivity index (χ0n) is 8.34. The molecule has 0 saturated heterocycles. The first kappa shape index (κ1) is 15.3. The summed E-state index contributed by atoms with van der Waals surface area (Å²) < 4.78 is 2.30. The van der Waals surface area contributed by atoms with E-state index in [1.54, 1.807) is 6.92 Å². The number of carbonyl (C=O) groups excluding carboxylic acids is 1. The average Bonchev–Trinajstić information content (AvgIpc) is 2.16. The van der Waals surface area contributed by atoms with Gasteiger partial charge in [-0.25, -0.2) is 0 Å². The van der Waals surface area contributed by atoms with Gasteiger partial charge in [0.05, 0.1) is 19.8 Å². The van der Waals surface area contributed by atoms with Crippen LogP contribution in [0, 0.1) is 5.41 Å². The topological polar surface area (TPSA) is 66.8 Å². The lowest BCUT2D eigenvalue weighted by Gasteiger charge is -2.38. The molecule has 0 aromatic heterocycles. The summed E-state index contributed by atoms with van der Waals surface area (Å²) in [4.78, 5) is 11.5. The lowest BCUT2D eigenvalue weighted by atomic mass is 9.83. The van der Waals surface area contributed by atoms with E-state index >= 15 is 0 Å². The third-order valence-corrected chi connectivity index (χ3v) is 3.27. The first-order valence-electron chi connectivity index (χ1n) is 4.22. The van der Waals surface area contributed by atoms with Crippen molar-refractivity contribution in [3.63, 3.8) is 0 Å². The maximum absolute atomic E-state index is 11.5. The largest absolute Gasteiger partial charge is 0.468 e. The molecule has 2 N–H and O–H groups in total. The van der Waals surface area contributed by atoms with Crippen LogP contribution >= 0.6 is 34.8 Å². The highest BCUT2D eigenvalue weighted by Gasteiger charge is 2.59. The lowest BCUT2D eigenvalue weighted by molar-refractivity contribution is -0.164. The molecule has 0 aromatic rings. The van der Waals surface area contributed by atoms with Crippen molar-refractivity contribution >= 4 is 40.8 Å². The van der Waals surface area contributed by atoms with Crippen LogP contribution in [0.5, 0.6) is 0 Å². The SMILES string of the molecule is CCC(O)C(CO)(C(=O)OC)C(Cl)(Cl)Cl. The molecule has 0 heterocycles. The Bertz CT molecular complexity index is 228. The summed E-state index contributed by atoms with van der Waals surface area (Å²) in [6.07, 6.45) is -1.16. The highest BCUT2D eigenvalue weighted by molar-refractivity contribution is 6.69. The number of esters is 1. The minimum absolute atomic E-state index is 0.142. The second kappa shape index (κ2) is 5.55. The lowest BCUT2D eigenvalue weighted by Crippen LogP contribution is -2.55. The monoisotopic (exact) mass is 278 g/mol. The van der Waals surface area contributed by atoms with Crippen molar-refractivity contribution in [2.24, 2.45) is 5.41 Å². The van der Waals surface area contributed by atoms with Gasteiger partial charge in [0.15, 0.2) is 5.41 Å². The van der Waals surface area contributed by atoms with Crippen LogP contribution in [0.2, 0.25) is 0 Å². The Morgan fingerprint density at radius 1 is 1.47 bits per heavy atom. The number of aliphatic hydroxyl groups is 2. The zero-order chi connectivity index (χ0) is 12.3. The van der Waals surface area contributed by atoms with Gasteiger partial charge >= 0.3 is 5.97 Å². The van der Waals surface area contributed by atoms with Crippen molar-refractivity contribution in [2.45, 2.75) is 23.2 Å². The van der Waals surface area contributed by atoms with Crippen molar-refractivity contribution in [2.75, 3.05) is 13.7 Å². The number of ether oxygens (including phenoxy) is 1. The Morgan fingerprint density at radius 3 is 2.13 bits per heavy atom. The van der Waals surface area contributed by atoms with Gasteiger partial charge in [0, 0.05) is 0 Å². The Labute approximate surface area is 103 Å². The van der Waals surface area contributed by atoms with Crippen LogP contribution in [0.25, 0.3) is 0 Å². The smallest absolute Gasteiger partial charge is 0.321 e. The molecule has 0 radical (unpaired) electrons. The van der Waals surface area contributed by atoms with Crippen molar-refractivity contribution in [1.29, 1.82) is 0 Å². The third kappa shape index (κ3) is 2.68. The minimum Gasteiger partial charge on any atom is -0.468 e. The van der Waals surface area contributed by atoms with Crippen LogP contribution in [0.4, 0.5) is 0 Å². The summed E-state index contributed by atoms with van der Waals surface area (Å²) in [6.45, 7) is 0.777. The van der Waals surface area contributed by atoms with E-state index in [2.05, 4.69) is 4.74 Å². The van der Waals surface area contributed by atoms with Gasteiger partial charge in [-0.15, -0.1) is 0 Å². The summed E-state index contributed by atoms with van der Waals surface area (Å²) in [6, 6.07) is 0. The van der Waals surface area contributed by atoms with Crippen LogP contribution < -0.4 is 0 Å². The van der Waals surface area contributed by atoms with Gasteiger partial charge in [0.1, 0.15) is 0 Å². The van der Waals surface area contributed by atoms with E-state index in [-0.39, 0.29) is 6.42 Å². The summed E-state index contributed by atoms with van der Waals surface area (Å²) >= 11 is 16.8. The molecular formula is C8H13Cl3O4. The van der Waals surface area contributed by atoms with E-state index in [0.717, 1.165) is 7.11 Å². The van der Waals surface area contributed by atoms with Crippen molar-refractivity contribution in [3.05, 3.63) is 0 Å². The van der Waals surface area contributed by atoms with Crippen molar-refractivity contribution in [1.82, 2.24) is 0 Å². The Kier molecular flexibility index (Phi) is 5.64. The van der Waals surface area contributed by atoms with E-state index in [9.17, 15) is 15.0 Å². The second-order valence-electron chi connectivity index (χ2n) is 3.04. The van der Waals surface area contributed by atoms with Gasteiger partial charge in [-0.1, -0.05) is 41.7 Å². The van der Waals surface area contributed by atoms with E-state index < -0.39 is 27.9 Å². The average molecular weight is 280 g/mol. The van der Waals surface area contributed by atoms with E-state index in [1.165, 1.54) is 0 Å². The zero-order valence-corrected chi connectivity index (χ0v) is 10.6. The van der Waals surface area contributed by atoms with E-state index in [1.807, 2.05) is 0 Å². The fourth-order valence-corrected chi connectivity index (χ4v) is 2.02. The van der Waals surface area contributed by atoms with E-state index in [0.29, 0.717) is 0 Å². The number of halogens is 3. The van der Waals surface area contributed by atoms with Crippen LogP contribution in [-0.4, -0.2) is 39.8 Å². The molecule has 0 fully saturated rings. The van der Waals surface area contributed by atoms with Crippen molar-refractivity contribution in [3.8, 4) is 0 Å². The van der Waals surface area contributed by atoms with Crippen molar-refractivity contribution < 1.29 is 19.7 Å². The van der Waals surface area contributed by atoms with Gasteiger partial charge in [-0.05, 0) is 6.42 Å². The molecule has 2 atom stereocenters. The van der Waals surface area contributed by atoms with Gasteiger partial charge in [-0.2, -0.15) is 0 Å². The summed E-state index contributed by atoms with van der Waals surface area (Å²) in [5.41, 5.74) is -1.96. The quantitative estimate of drug-likeness (QED) is 0.601. The molecule has 0 aromatic carbocycles. The Hall–Kier alpha value is 0.260. The standard InChI is InChI=1S/C8H13Cl3O4/c1-3-5(13)7(4-12,6(14)15-2)8(9,10)11/h5,12-13H,3-4H2,1-2H3. The molecule has 0 aliphatic rings. The first-order chi connectivity index (χ1) is 6.77. The Balaban J connectivity index is 5.41. The molecular weight excluding hydrogens is 266 g/mol. The van der Waals surface area contributed by atoms with Crippen LogP contribution in [0.1, 0.15) is 13.3 Å². The highest BCUT2D eigenvalue weighted by atomic mass is 35.6. The number of hydrogen-bond acceptors (Lipinski definition) is 4. The molecule has 0 saturated carbocycles. The highest BCUT2D eigenvalue weighted by Crippen LogP contribution is 2.48. The van der Waals surface area contributed by atoms with Gasteiger partial charge in [-0.3, -0.25) is 4.79 Å². The van der Waals surface area contributed by atoms with Crippen LogP contribution in [-0.2, 0) is 9.53 Å². The van der Waals surface area contributed by atoms with Crippen LogP contribution in [0.3, 0.4) is 0 Å². The van der Waals surface area contributed by atoms with Crippen LogP contribution in [0.15, 0.2) is 0 Å². The maximum Gasteiger partial charge on any atom is 0.321 e. The number of hydrogen-bond donors (Lipinski definition) is 2. The molecule has 2 unspecified atom stereocenters. The summed E-state index contributed by atoms with van der Waals surface area (Å²) in [7, 11) is 1.09. The molecule has 0 aliphatic heterocycles. The van der Waals surface area contributed by atoms with E-state index in [4.69, 9.17) is 34.8 Å². The number of carbonyl (C=O) groups is 1. The molecule has 0 bridgehead atoms. The fourth-order valence-electron chi connectivity index (χ4n) is 1.23. The molecule has 0 amide bonds. The molecule has 0 spiro atoms.